The first-order chi connectivity index (χ1) is 18.2. The molecule has 0 amide bonds. The van der Waals surface area contributed by atoms with Gasteiger partial charge in [0, 0.05) is 20.3 Å². The maximum Gasteiger partial charge on any atom is 0.335 e. The number of carbonyl (C=O) groups is 1. The molecule has 0 fully saturated rings. The third-order valence-electron chi connectivity index (χ3n) is 5.31. The highest BCUT2D eigenvalue weighted by Gasteiger charge is 2.21. The van der Waals surface area contributed by atoms with Crippen molar-refractivity contribution in [2.45, 2.75) is 12.1 Å². The van der Waals surface area contributed by atoms with Gasteiger partial charge in [-0.3, -0.25) is 0 Å². The number of aromatic nitrogens is 1. The first-order valence-electron chi connectivity index (χ1n) is 11.0. The largest absolute Gasteiger partial charge is 0.478 e. The number of thiophene rings is 1. The number of aromatic carboxylic acids is 1. The van der Waals surface area contributed by atoms with Crippen LogP contribution in [0.4, 0.5) is 0 Å². The average Bonchev–Trinajstić information content (AvgIpc) is 3.67. The van der Waals surface area contributed by atoms with Crippen molar-refractivity contribution in [3.05, 3.63) is 80.6 Å². The number of rotatable bonds is 9. The van der Waals surface area contributed by atoms with Crippen molar-refractivity contribution in [3.63, 3.8) is 0 Å². The number of furan rings is 1. The molecule has 10 nitrogen and oxygen atoms in total. The van der Waals surface area contributed by atoms with Crippen LogP contribution in [0.15, 0.2) is 64.8 Å². The number of pyridine rings is 1. The molecule has 0 radical (unpaired) electrons. The lowest BCUT2D eigenvalue weighted by Crippen LogP contribution is -2.50. The Labute approximate surface area is 235 Å². The molecular formula is C26H24IN3O7S. The minimum absolute atomic E-state index is 0.151. The van der Waals surface area contributed by atoms with Gasteiger partial charge in [-0.25, -0.2) is 9.78 Å². The second-order valence-electron chi connectivity index (χ2n) is 8.07. The quantitative estimate of drug-likeness (QED) is 0.168. The van der Waals surface area contributed by atoms with Crippen LogP contribution < -0.4 is 10.5 Å². The van der Waals surface area contributed by atoms with Crippen molar-refractivity contribution in [2.75, 3.05) is 19.8 Å². The Balaban J connectivity index is 0.000000436. The Kier molecular flexibility index (Phi) is 10.4. The van der Waals surface area contributed by atoms with Crippen LogP contribution in [0.2, 0.25) is 0 Å². The molecule has 0 spiro atoms. The van der Waals surface area contributed by atoms with Gasteiger partial charge in [0.05, 0.1) is 54.0 Å². The van der Waals surface area contributed by atoms with Crippen molar-refractivity contribution in [1.29, 1.82) is 5.26 Å². The summed E-state index contributed by atoms with van der Waals surface area (Å²) >= 11 is 3.62. The van der Waals surface area contributed by atoms with Gasteiger partial charge in [-0.15, -0.1) is 11.3 Å². The lowest BCUT2D eigenvalue weighted by Gasteiger charge is -2.20. The number of nitriles is 1. The van der Waals surface area contributed by atoms with Crippen molar-refractivity contribution in [3.8, 4) is 33.6 Å². The summed E-state index contributed by atoms with van der Waals surface area (Å²) in [7, 11) is 0. The summed E-state index contributed by atoms with van der Waals surface area (Å²) in [5.74, 6) is -0.764. The van der Waals surface area contributed by atoms with Crippen LogP contribution in [0, 0.1) is 14.9 Å². The van der Waals surface area contributed by atoms with E-state index in [1.807, 2.05) is 23.6 Å². The number of aliphatic hydroxyl groups is 3. The fraction of sp³-hybridized carbons (Fsp3) is 0.192. The van der Waals surface area contributed by atoms with Gasteiger partial charge in [0.15, 0.2) is 0 Å². The van der Waals surface area contributed by atoms with E-state index in [0.717, 1.165) is 19.6 Å². The number of ether oxygens (including phenoxy) is 1. The number of benzene rings is 1. The van der Waals surface area contributed by atoms with E-state index in [-0.39, 0.29) is 18.1 Å². The van der Waals surface area contributed by atoms with Crippen molar-refractivity contribution in [2.24, 2.45) is 5.73 Å². The Morgan fingerprint density at radius 3 is 2.42 bits per heavy atom. The van der Waals surface area contributed by atoms with E-state index in [1.54, 1.807) is 42.1 Å². The van der Waals surface area contributed by atoms with Crippen LogP contribution >= 0.6 is 33.9 Å². The van der Waals surface area contributed by atoms with Crippen LogP contribution in [-0.4, -0.2) is 56.7 Å². The molecule has 38 heavy (non-hydrogen) atoms. The summed E-state index contributed by atoms with van der Waals surface area (Å²) in [5.41, 5.74) is 7.40. The normalized spacial score (nSPS) is 10.8. The highest BCUT2D eigenvalue weighted by atomic mass is 127. The molecule has 0 saturated heterocycles. The Morgan fingerprint density at radius 2 is 1.92 bits per heavy atom. The number of nitrogens with zero attached hydrogens (tertiary/aromatic N) is 2. The number of hydrogen-bond acceptors (Lipinski definition) is 10. The number of carboxylic acid groups (broad SMARTS) is 1. The lowest BCUT2D eigenvalue weighted by atomic mass is 10.0. The fourth-order valence-electron chi connectivity index (χ4n) is 3.02. The van der Waals surface area contributed by atoms with E-state index in [0.29, 0.717) is 16.8 Å². The van der Waals surface area contributed by atoms with Crippen LogP contribution in [0.25, 0.3) is 21.7 Å². The predicted molar refractivity (Wildman–Crippen MR) is 149 cm³/mol. The van der Waals surface area contributed by atoms with Gasteiger partial charge in [-0.1, -0.05) is 12.1 Å². The van der Waals surface area contributed by atoms with Gasteiger partial charge >= 0.3 is 5.97 Å². The van der Waals surface area contributed by atoms with E-state index in [2.05, 4.69) is 33.6 Å². The van der Waals surface area contributed by atoms with Gasteiger partial charge in [0.1, 0.15) is 18.2 Å². The van der Waals surface area contributed by atoms with Gasteiger partial charge in [0.25, 0.3) is 0 Å². The zero-order chi connectivity index (χ0) is 27.7. The minimum atomic E-state index is -1.21. The predicted octanol–water partition coefficient (Wildman–Crippen LogP) is 3.48. The summed E-state index contributed by atoms with van der Waals surface area (Å²) in [6, 6.07) is 14.5. The van der Waals surface area contributed by atoms with Crippen molar-refractivity contribution >= 4 is 39.9 Å². The second-order valence-corrected chi connectivity index (χ2v) is 10.2. The molecule has 3 aromatic heterocycles. The molecule has 0 unspecified atom stereocenters. The maximum atomic E-state index is 11.1. The molecule has 0 saturated carbocycles. The maximum absolute atomic E-state index is 11.1. The topological polar surface area (TPSA) is 183 Å². The second kappa shape index (κ2) is 13.5. The number of aliphatic hydroxyl groups excluding tert-OH is 3. The zero-order valence-electron chi connectivity index (χ0n) is 19.9. The third kappa shape index (κ3) is 7.16. The molecule has 0 bridgehead atoms. The summed E-state index contributed by atoms with van der Waals surface area (Å²) < 4.78 is 11.9. The van der Waals surface area contributed by atoms with Gasteiger partial charge in [0.2, 0.25) is 5.88 Å². The van der Waals surface area contributed by atoms with Crippen molar-refractivity contribution in [1.82, 2.24) is 4.98 Å². The van der Waals surface area contributed by atoms with Crippen LogP contribution in [0.3, 0.4) is 0 Å². The number of halogens is 1. The molecule has 12 heteroatoms. The molecule has 1 aromatic carbocycles. The molecule has 4 aromatic rings. The van der Waals surface area contributed by atoms with E-state index in [9.17, 15) is 10.1 Å². The Hall–Kier alpha value is -3.32. The fourth-order valence-corrected chi connectivity index (χ4v) is 4.38. The molecule has 0 aliphatic carbocycles. The monoisotopic (exact) mass is 649 g/mol. The SMILES string of the molecule is N#Cc1c(-c2ccoc2)cc(-c2cccs2)nc1OCc1ccc(C(=O)O)cc1I.NC(CO)(CO)CO. The van der Waals surface area contributed by atoms with Gasteiger partial charge < -0.3 is 35.3 Å². The van der Waals surface area contributed by atoms with Crippen LogP contribution in [0.5, 0.6) is 5.88 Å². The molecule has 6 N–H and O–H groups in total. The number of hydrogen-bond donors (Lipinski definition) is 5. The van der Waals surface area contributed by atoms with Crippen LogP contribution in [-0.2, 0) is 6.61 Å². The molecule has 0 atom stereocenters. The Bertz CT molecular complexity index is 1390. The summed E-state index contributed by atoms with van der Waals surface area (Å²) in [6.45, 7) is -1.06. The molecular weight excluding hydrogens is 625 g/mol. The van der Waals surface area contributed by atoms with E-state index >= 15 is 0 Å². The highest BCUT2D eigenvalue weighted by molar-refractivity contribution is 14.1. The summed E-state index contributed by atoms with van der Waals surface area (Å²) in [4.78, 5) is 16.7. The third-order valence-corrected chi connectivity index (χ3v) is 7.21. The zero-order valence-corrected chi connectivity index (χ0v) is 22.8. The molecule has 4 rings (SSSR count). The first-order valence-corrected chi connectivity index (χ1v) is 13.0. The number of nitrogens with two attached hydrogens (primary N) is 1. The molecule has 198 valence electrons. The lowest BCUT2D eigenvalue weighted by molar-refractivity contribution is 0.0691. The van der Waals surface area contributed by atoms with Gasteiger partial charge in [-0.2, -0.15) is 5.26 Å². The van der Waals surface area contributed by atoms with E-state index in [4.69, 9.17) is 35.3 Å². The number of carboxylic acids is 1. The van der Waals surface area contributed by atoms with E-state index in [1.165, 1.54) is 6.07 Å². The molecule has 3 heterocycles. The Morgan fingerprint density at radius 1 is 1.18 bits per heavy atom. The van der Waals surface area contributed by atoms with E-state index < -0.39 is 31.3 Å². The van der Waals surface area contributed by atoms with Gasteiger partial charge in [-0.05, 0) is 58.3 Å². The standard InChI is InChI=1S/C22H13IN2O4S.C4H11NO3/c23-18-8-13(22(26)27)3-4-15(18)12-29-21-17(10-24)16(14-5-6-28-11-14)9-19(25-21)20-2-1-7-30-20;5-4(1-6,2-7)3-8/h1-9,11H,12H2,(H,26,27);6-8H,1-3,5H2. The summed E-state index contributed by atoms with van der Waals surface area (Å²) in [5, 5.41) is 45.9. The smallest absolute Gasteiger partial charge is 0.335 e. The minimum Gasteiger partial charge on any atom is -0.478 e. The van der Waals surface area contributed by atoms with Crippen LogP contribution in [0.1, 0.15) is 21.5 Å². The summed E-state index contributed by atoms with van der Waals surface area (Å²) in [6.07, 6.45) is 3.13. The van der Waals surface area contributed by atoms with Crippen molar-refractivity contribution < 1.29 is 34.4 Å². The first kappa shape index (κ1) is 29.2. The molecule has 0 aliphatic heterocycles. The molecule has 0 aliphatic rings. The average molecular weight is 649 g/mol. The highest BCUT2D eigenvalue weighted by Crippen LogP contribution is 2.35.